The van der Waals surface area contributed by atoms with Gasteiger partial charge >= 0.3 is 5.97 Å². The third-order valence-corrected chi connectivity index (χ3v) is 6.95. The Morgan fingerprint density at radius 2 is 1.81 bits per heavy atom. The molecular weight excluding hydrogens is 462 g/mol. The Morgan fingerprint density at radius 1 is 1.08 bits per heavy atom. The van der Waals surface area contributed by atoms with Crippen molar-refractivity contribution in [3.05, 3.63) is 77.4 Å². The van der Waals surface area contributed by atoms with Crippen molar-refractivity contribution in [2.45, 2.75) is 65.7 Å². The van der Waals surface area contributed by atoms with E-state index in [0.29, 0.717) is 38.8 Å². The van der Waals surface area contributed by atoms with Crippen LogP contribution in [0.25, 0.3) is 11.1 Å². The number of esters is 1. The summed E-state index contributed by atoms with van der Waals surface area (Å²) >= 11 is 0. The molecule has 2 aromatic carbocycles. The van der Waals surface area contributed by atoms with Gasteiger partial charge in [0.1, 0.15) is 5.78 Å². The molecule has 0 saturated carbocycles. The van der Waals surface area contributed by atoms with Crippen LogP contribution in [0.15, 0.2) is 60.7 Å². The van der Waals surface area contributed by atoms with Gasteiger partial charge in [0.15, 0.2) is 0 Å². The second kappa shape index (κ2) is 12.4. The number of carbonyl (C=O) groups is 2. The molecule has 2 aromatic rings. The zero-order chi connectivity index (χ0) is 27.1. The predicted octanol–water partition coefficient (Wildman–Crippen LogP) is 6.57. The van der Waals surface area contributed by atoms with Crippen molar-refractivity contribution >= 4 is 28.6 Å². The first-order valence-corrected chi connectivity index (χ1v) is 13.3. The molecule has 0 bridgehead atoms. The highest BCUT2D eigenvalue weighted by atomic mass is 16.5. The van der Waals surface area contributed by atoms with Crippen molar-refractivity contribution < 1.29 is 19.4 Å². The van der Waals surface area contributed by atoms with Crippen molar-refractivity contribution in [3.8, 4) is 0 Å². The Labute approximate surface area is 221 Å². The molecule has 1 aliphatic carbocycles. The molecule has 0 heterocycles. The maximum Gasteiger partial charge on any atom is 0.316 e. The molecule has 0 spiro atoms. The molecule has 0 aliphatic heterocycles. The second-order valence-corrected chi connectivity index (χ2v) is 10.8. The van der Waals surface area contributed by atoms with E-state index in [1.807, 2.05) is 25.1 Å². The highest BCUT2D eigenvalue weighted by molar-refractivity contribution is 6.00. The van der Waals surface area contributed by atoms with Gasteiger partial charge in [0, 0.05) is 25.3 Å². The summed E-state index contributed by atoms with van der Waals surface area (Å²) in [5.74, 6) is -0.101. The fourth-order valence-corrected chi connectivity index (χ4v) is 4.98. The number of aliphatic hydroxyl groups is 1. The Hall–Kier alpha value is -3.18. The molecule has 37 heavy (non-hydrogen) atoms. The average molecular weight is 504 g/mol. The van der Waals surface area contributed by atoms with Gasteiger partial charge in [-0.3, -0.25) is 9.59 Å². The summed E-state index contributed by atoms with van der Waals surface area (Å²) in [6.07, 6.45) is 6.21. The van der Waals surface area contributed by atoms with Crippen molar-refractivity contribution in [2.24, 2.45) is 5.41 Å². The molecular formula is C32H41NO4. The SMILES string of the molecule is CCOC(=O)C1(CCCO)CC=C(c2ccccc2)C=C1c1ccc(NCCC(C)=O)c(C(C)(C)C)c1. The van der Waals surface area contributed by atoms with Crippen molar-refractivity contribution in [2.75, 3.05) is 25.1 Å². The number of Topliss-reactive ketones (excluding diaryl/α,β-unsaturated/α-hetero) is 1. The number of hydrogen-bond acceptors (Lipinski definition) is 5. The quantitative estimate of drug-likeness (QED) is 0.339. The van der Waals surface area contributed by atoms with Crippen LogP contribution in [0.1, 0.15) is 77.0 Å². The van der Waals surface area contributed by atoms with E-state index < -0.39 is 5.41 Å². The molecule has 3 rings (SSSR count). The summed E-state index contributed by atoms with van der Waals surface area (Å²) in [5, 5.41) is 13.1. The maximum absolute atomic E-state index is 13.6. The summed E-state index contributed by atoms with van der Waals surface area (Å²) in [6, 6.07) is 16.5. The number of rotatable bonds is 11. The number of hydrogen-bond donors (Lipinski definition) is 2. The van der Waals surface area contributed by atoms with Gasteiger partial charge in [-0.05, 0) is 84.6 Å². The van der Waals surface area contributed by atoms with Crippen molar-refractivity contribution in [1.82, 2.24) is 0 Å². The van der Waals surface area contributed by atoms with Gasteiger partial charge in [0.05, 0.1) is 12.0 Å². The van der Waals surface area contributed by atoms with Gasteiger partial charge in [0.2, 0.25) is 0 Å². The third kappa shape index (κ3) is 6.78. The number of benzene rings is 2. The van der Waals surface area contributed by atoms with Gasteiger partial charge in [-0.1, -0.05) is 63.2 Å². The van der Waals surface area contributed by atoms with Crippen molar-refractivity contribution in [3.63, 3.8) is 0 Å². The smallest absolute Gasteiger partial charge is 0.316 e. The summed E-state index contributed by atoms with van der Waals surface area (Å²) < 4.78 is 5.64. The fourth-order valence-electron chi connectivity index (χ4n) is 4.98. The van der Waals surface area contributed by atoms with E-state index in [9.17, 15) is 14.7 Å². The number of ether oxygens (including phenoxy) is 1. The van der Waals surface area contributed by atoms with Gasteiger partial charge < -0.3 is 15.2 Å². The predicted molar refractivity (Wildman–Crippen MR) is 151 cm³/mol. The minimum atomic E-state index is -0.879. The van der Waals surface area contributed by atoms with Crippen LogP contribution in [0.5, 0.6) is 0 Å². The van der Waals surface area contributed by atoms with Crippen molar-refractivity contribution in [1.29, 1.82) is 0 Å². The fraction of sp³-hybridized carbons (Fsp3) is 0.438. The summed E-state index contributed by atoms with van der Waals surface area (Å²) in [6.45, 7) is 10.8. The largest absolute Gasteiger partial charge is 0.465 e. The van der Waals surface area contributed by atoms with E-state index in [0.717, 1.165) is 33.5 Å². The number of aliphatic hydroxyl groups excluding tert-OH is 1. The highest BCUT2D eigenvalue weighted by Crippen LogP contribution is 2.49. The van der Waals surface area contributed by atoms with Crippen LogP contribution in [0.2, 0.25) is 0 Å². The molecule has 2 N–H and O–H groups in total. The van der Waals surface area contributed by atoms with Crippen LogP contribution in [0.3, 0.4) is 0 Å². The molecule has 0 fully saturated rings. The molecule has 0 aromatic heterocycles. The van der Waals surface area contributed by atoms with E-state index in [2.05, 4.69) is 68.6 Å². The van der Waals surface area contributed by atoms with E-state index >= 15 is 0 Å². The number of allylic oxidation sites excluding steroid dienone is 3. The van der Waals surface area contributed by atoms with Crippen LogP contribution in [0.4, 0.5) is 5.69 Å². The average Bonchev–Trinajstić information content (AvgIpc) is 2.87. The zero-order valence-corrected chi connectivity index (χ0v) is 22.9. The maximum atomic E-state index is 13.6. The lowest BCUT2D eigenvalue weighted by Gasteiger charge is -2.37. The zero-order valence-electron chi connectivity index (χ0n) is 22.9. The summed E-state index contributed by atoms with van der Waals surface area (Å²) in [7, 11) is 0. The second-order valence-electron chi connectivity index (χ2n) is 10.8. The summed E-state index contributed by atoms with van der Waals surface area (Å²) in [4.78, 5) is 25.1. The van der Waals surface area contributed by atoms with E-state index in [1.54, 1.807) is 6.92 Å². The van der Waals surface area contributed by atoms with Crippen LogP contribution in [0, 0.1) is 5.41 Å². The molecule has 1 atom stereocenters. The van der Waals surface area contributed by atoms with Crippen LogP contribution in [-0.2, 0) is 19.7 Å². The molecule has 1 unspecified atom stereocenters. The molecule has 1 aliphatic rings. The van der Waals surface area contributed by atoms with Gasteiger partial charge in [-0.15, -0.1) is 0 Å². The van der Waals surface area contributed by atoms with Crippen LogP contribution < -0.4 is 5.32 Å². The van der Waals surface area contributed by atoms with Gasteiger partial charge in [0.25, 0.3) is 0 Å². The number of anilines is 1. The lowest BCUT2D eigenvalue weighted by Crippen LogP contribution is -2.36. The monoisotopic (exact) mass is 503 g/mol. The standard InChI is InChI=1S/C32H41NO4/c1-6-37-30(36)32(17-10-20-34)18-15-25(24-11-8-7-9-12-24)21-27(32)26-13-14-29(33-19-16-23(2)35)28(22-26)31(3,4)5/h7-9,11-15,21-22,33-34H,6,10,16-20H2,1-5H3. The normalized spacial score (nSPS) is 17.6. The topological polar surface area (TPSA) is 75.6 Å². The Balaban J connectivity index is 2.18. The Bertz CT molecular complexity index is 1160. The van der Waals surface area contributed by atoms with E-state index in [1.165, 1.54) is 0 Å². The Morgan fingerprint density at radius 3 is 2.43 bits per heavy atom. The van der Waals surface area contributed by atoms with E-state index in [4.69, 9.17) is 4.74 Å². The van der Waals surface area contributed by atoms with Crippen LogP contribution in [-0.4, -0.2) is 36.6 Å². The number of carbonyl (C=O) groups excluding carboxylic acids is 2. The molecule has 5 nitrogen and oxygen atoms in total. The lowest BCUT2D eigenvalue weighted by atomic mass is 9.67. The van der Waals surface area contributed by atoms with Gasteiger partial charge in [-0.2, -0.15) is 0 Å². The minimum absolute atomic E-state index is 0.00986. The molecule has 0 saturated heterocycles. The number of ketones is 1. The first-order chi connectivity index (χ1) is 17.6. The lowest BCUT2D eigenvalue weighted by molar-refractivity contribution is -0.152. The summed E-state index contributed by atoms with van der Waals surface area (Å²) in [5.41, 5.74) is 5.11. The molecule has 5 heteroatoms. The molecule has 0 radical (unpaired) electrons. The third-order valence-electron chi connectivity index (χ3n) is 6.95. The minimum Gasteiger partial charge on any atom is -0.465 e. The first kappa shape index (κ1) is 28.4. The molecule has 198 valence electrons. The Kier molecular flexibility index (Phi) is 9.50. The van der Waals surface area contributed by atoms with Crippen LogP contribution >= 0.6 is 0 Å². The highest BCUT2D eigenvalue weighted by Gasteiger charge is 2.44. The van der Waals surface area contributed by atoms with E-state index in [-0.39, 0.29) is 23.8 Å². The first-order valence-electron chi connectivity index (χ1n) is 13.3. The molecule has 0 amide bonds. The number of nitrogens with one attached hydrogen (secondary N) is 1. The van der Waals surface area contributed by atoms with Gasteiger partial charge in [-0.25, -0.2) is 0 Å².